The lowest BCUT2D eigenvalue weighted by molar-refractivity contribution is -0.121. The molecule has 0 saturated carbocycles. The van der Waals surface area contributed by atoms with Crippen LogP contribution in [0.25, 0.3) is 6.08 Å². The fourth-order valence-corrected chi connectivity index (χ4v) is 3.36. The molecule has 0 bridgehead atoms. The van der Waals surface area contributed by atoms with E-state index in [0.717, 1.165) is 11.8 Å². The molecule has 1 aliphatic rings. The van der Waals surface area contributed by atoms with Crippen LogP contribution in [0.3, 0.4) is 0 Å². The zero-order valence-corrected chi connectivity index (χ0v) is 15.5. The Labute approximate surface area is 162 Å². The van der Waals surface area contributed by atoms with Crippen molar-refractivity contribution in [2.75, 3.05) is 7.05 Å². The Balaban J connectivity index is 1.84. The molecule has 2 aromatic carbocycles. The summed E-state index contributed by atoms with van der Waals surface area (Å²) in [7, 11) is 1.60. The first-order valence-electron chi connectivity index (χ1n) is 7.63. The minimum absolute atomic E-state index is 0.264. The average molecular weight is 411 g/mol. The lowest BCUT2D eigenvalue weighted by Crippen LogP contribution is -2.23. The highest BCUT2D eigenvalue weighted by Crippen LogP contribution is 2.35. The van der Waals surface area contributed by atoms with Gasteiger partial charge in [0, 0.05) is 12.1 Å². The molecule has 0 aromatic heterocycles. The minimum atomic E-state index is -3.03. The van der Waals surface area contributed by atoms with Gasteiger partial charge in [-0.1, -0.05) is 17.7 Å². The van der Waals surface area contributed by atoms with Crippen molar-refractivity contribution in [2.24, 2.45) is 4.99 Å². The first-order chi connectivity index (χ1) is 12.8. The zero-order valence-electron chi connectivity index (χ0n) is 13.9. The van der Waals surface area contributed by atoms with Crippen molar-refractivity contribution in [3.05, 3.63) is 58.0 Å². The third-order valence-electron chi connectivity index (χ3n) is 3.55. The van der Waals surface area contributed by atoms with Crippen LogP contribution in [-0.4, -0.2) is 34.7 Å². The SMILES string of the molecule is CN1C(=O)/C(=C\c2ccc(OC(F)F)c(O)c2)SC1=Nc1ccc(Cl)cc1. The fourth-order valence-electron chi connectivity index (χ4n) is 2.25. The molecule has 1 N–H and O–H groups in total. The number of aromatic hydroxyl groups is 1. The second-order valence-electron chi connectivity index (χ2n) is 5.45. The second-order valence-corrected chi connectivity index (χ2v) is 6.90. The number of nitrogens with zero attached hydrogens (tertiary/aromatic N) is 2. The van der Waals surface area contributed by atoms with Crippen LogP contribution in [0.5, 0.6) is 11.5 Å². The summed E-state index contributed by atoms with van der Waals surface area (Å²) in [5.41, 5.74) is 1.11. The van der Waals surface area contributed by atoms with E-state index >= 15 is 0 Å². The van der Waals surface area contributed by atoms with Crippen LogP contribution in [0.1, 0.15) is 5.56 Å². The maximum atomic E-state index is 12.4. The molecule has 1 heterocycles. The van der Waals surface area contributed by atoms with Gasteiger partial charge in [0.05, 0.1) is 10.6 Å². The van der Waals surface area contributed by atoms with Gasteiger partial charge in [-0.15, -0.1) is 0 Å². The van der Waals surface area contributed by atoms with Gasteiger partial charge in [-0.2, -0.15) is 8.78 Å². The normalized spacial score (nSPS) is 17.4. The monoisotopic (exact) mass is 410 g/mol. The average Bonchev–Trinajstić information content (AvgIpc) is 2.87. The molecule has 0 spiro atoms. The molecule has 0 unspecified atom stereocenters. The van der Waals surface area contributed by atoms with E-state index in [-0.39, 0.29) is 11.7 Å². The molecule has 1 aliphatic heterocycles. The second kappa shape index (κ2) is 7.98. The summed E-state index contributed by atoms with van der Waals surface area (Å²) in [6.07, 6.45) is 1.54. The van der Waals surface area contributed by atoms with E-state index in [1.54, 1.807) is 37.4 Å². The molecule has 0 radical (unpaired) electrons. The van der Waals surface area contributed by atoms with Gasteiger partial charge < -0.3 is 9.84 Å². The predicted octanol–water partition coefficient (Wildman–Crippen LogP) is 4.88. The number of likely N-dealkylation sites (N-methyl/N-ethyl adjacent to an activating group) is 1. The number of halogens is 3. The van der Waals surface area contributed by atoms with Crippen molar-refractivity contribution in [3.63, 3.8) is 0 Å². The molecule has 1 amide bonds. The summed E-state index contributed by atoms with van der Waals surface area (Å²) in [4.78, 5) is 18.6. The number of benzene rings is 2. The van der Waals surface area contributed by atoms with E-state index in [0.29, 0.717) is 26.3 Å². The van der Waals surface area contributed by atoms with Gasteiger partial charge in [0.1, 0.15) is 0 Å². The molecule has 2 aromatic rings. The van der Waals surface area contributed by atoms with Crippen molar-refractivity contribution in [1.29, 1.82) is 0 Å². The van der Waals surface area contributed by atoms with Gasteiger partial charge in [-0.05, 0) is 59.8 Å². The van der Waals surface area contributed by atoms with E-state index in [2.05, 4.69) is 9.73 Å². The summed E-state index contributed by atoms with van der Waals surface area (Å²) in [6.45, 7) is -3.03. The molecule has 3 rings (SSSR count). The highest BCUT2D eigenvalue weighted by molar-refractivity contribution is 8.18. The van der Waals surface area contributed by atoms with Crippen molar-refractivity contribution < 1.29 is 23.4 Å². The Morgan fingerprint density at radius 2 is 1.96 bits per heavy atom. The Morgan fingerprint density at radius 1 is 1.26 bits per heavy atom. The number of phenolic OH excluding ortho intramolecular Hbond substituents is 1. The van der Waals surface area contributed by atoms with Gasteiger partial charge in [0.2, 0.25) is 0 Å². The van der Waals surface area contributed by atoms with E-state index in [1.165, 1.54) is 23.1 Å². The van der Waals surface area contributed by atoms with Crippen molar-refractivity contribution >= 4 is 46.2 Å². The van der Waals surface area contributed by atoms with Crippen LogP contribution in [0, 0.1) is 0 Å². The number of aliphatic imine (C=N–C) groups is 1. The number of phenols is 1. The smallest absolute Gasteiger partial charge is 0.387 e. The van der Waals surface area contributed by atoms with Gasteiger partial charge in [0.15, 0.2) is 16.7 Å². The molecule has 27 heavy (non-hydrogen) atoms. The standard InChI is InChI=1S/C18H13ClF2N2O3S/c1-23-16(25)15(27-18(23)22-12-5-3-11(19)4-6-12)9-10-2-7-14(13(24)8-10)26-17(20)21/h2-9,17,24H,1H3/b15-9+,22-18?. The highest BCUT2D eigenvalue weighted by atomic mass is 35.5. The van der Waals surface area contributed by atoms with E-state index in [1.807, 2.05) is 0 Å². The van der Waals surface area contributed by atoms with Crippen molar-refractivity contribution in [1.82, 2.24) is 4.90 Å². The Kier molecular flexibility index (Phi) is 5.67. The molecule has 0 atom stereocenters. The van der Waals surface area contributed by atoms with E-state index in [4.69, 9.17) is 11.6 Å². The highest BCUT2D eigenvalue weighted by Gasteiger charge is 2.30. The number of rotatable bonds is 4. The number of ether oxygens (including phenoxy) is 1. The third kappa shape index (κ3) is 4.58. The number of amides is 1. The first kappa shape index (κ1) is 19.2. The molecule has 5 nitrogen and oxygen atoms in total. The molecule has 140 valence electrons. The van der Waals surface area contributed by atoms with Gasteiger partial charge in [-0.25, -0.2) is 4.99 Å². The van der Waals surface area contributed by atoms with Crippen LogP contribution in [0.4, 0.5) is 14.5 Å². The number of carbonyl (C=O) groups excluding carboxylic acids is 1. The number of hydrogen-bond acceptors (Lipinski definition) is 5. The number of amidine groups is 1. The quantitative estimate of drug-likeness (QED) is 0.729. The maximum absolute atomic E-state index is 12.4. The van der Waals surface area contributed by atoms with Gasteiger partial charge >= 0.3 is 6.61 Å². The summed E-state index contributed by atoms with van der Waals surface area (Å²) < 4.78 is 28.7. The Bertz CT molecular complexity index is 933. The lowest BCUT2D eigenvalue weighted by atomic mass is 10.2. The van der Waals surface area contributed by atoms with Gasteiger partial charge in [0.25, 0.3) is 5.91 Å². The molecule has 1 fully saturated rings. The Hall–Kier alpha value is -2.58. The zero-order chi connectivity index (χ0) is 19.6. The third-order valence-corrected chi connectivity index (χ3v) is 4.86. The van der Waals surface area contributed by atoms with Crippen LogP contribution in [-0.2, 0) is 4.79 Å². The number of carbonyl (C=O) groups is 1. The minimum Gasteiger partial charge on any atom is -0.504 e. The fraction of sp³-hybridized carbons (Fsp3) is 0.111. The van der Waals surface area contributed by atoms with Crippen LogP contribution >= 0.6 is 23.4 Å². The molecular weight excluding hydrogens is 398 g/mol. The topological polar surface area (TPSA) is 62.1 Å². The molecule has 9 heteroatoms. The summed E-state index contributed by atoms with van der Waals surface area (Å²) in [6, 6.07) is 10.8. The predicted molar refractivity (Wildman–Crippen MR) is 102 cm³/mol. The number of thioether (sulfide) groups is 1. The molecule has 1 saturated heterocycles. The summed E-state index contributed by atoms with van der Waals surface area (Å²) in [5, 5.41) is 10.8. The van der Waals surface area contributed by atoms with E-state index < -0.39 is 12.4 Å². The molecular formula is C18H13ClF2N2O3S. The molecule has 0 aliphatic carbocycles. The maximum Gasteiger partial charge on any atom is 0.387 e. The largest absolute Gasteiger partial charge is 0.504 e. The van der Waals surface area contributed by atoms with Crippen LogP contribution in [0.2, 0.25) is 5.02 Å². The van der Waals surface area contributed by atoms with Crippen LogP contribution < -0.4 is 4.74 Å². The van der Waals surface area contributed by atoms with Crippen molar-refractivity contribution in [2.45, 2.75) is 6.61 Å². The van der Waals surface area contributed by atoms with Crippen molar-refractivity contribution in [3.8, 4) is 11.5 Å². The number of alkyl halides is 2. The summed E-state index contributed by atoms with van der Waals surface area (Å²) in [5.74, 6) is -1.04. The van der Waals surface area contributed by atoms with Gasteiger partial charge in [-0.3, -0.25) is 9.69 Å². The first-order valence-corrected chi connectivity index (χ1v) is 8.82. The van der Waals surface area contributed by atoms with Crippen LogP contribution in [0.15, 0.2) is 52.4 Å². The lowest BCUT2D eigenvalue weighted by Gasteiger charge is -2.07. The van der Waals surface area contributed by atoms with E-state index in [9.17, 15) is 18.7 Å². The Morgan fingerprint density at radius 3 is 2.59 bits per heavy atom. The summed E-state index contributed by atoms with van der Waals surface area (Å²) >= 11 is 7.01. The number of hydrogen-bond donors (Lipinski definition) is 1.